The molecule has 0 radical (unpaired) electrons. The Balaban J connectivity index is 1.98. The van der Waals surface area contributed by atoms with Crippen LogP contribution >= 0.6 is 11.8 Å². The average Bonchev–Trinajstić information content (AvgIpc) is 2.44. The van der Waals surface area contributed by atoms with Gasteiger partial charge in [0.15, 0.2) is 0 Å². The van der Waals surface area contributed by atoms with Crippen LogP contribution in [-0.2, 0) is 0 Å². The van der Waals surface area contributed by atoms with Gasteiger partial charge >= 0.3 is 0 Å². The second-order valence-corrected chi connectivity index (χ2v) is 8.03. The predicted octanol–water partition coefficient (Wildman–Crippen LogP) is 5.27. The predicted molar refractivity (Wildman–Crippen MR) is 96.2 cm³/mol. The zero-order chi connectivity index (χ0) is 15.2. The minimum atomic E-state index is 0.498. The lowest BCUT2D eigenvalue weighted by Gasteiger charge is -2.28. The largest absolute Gasteiger partial charge is 0.310 e. The quantitative estimate of drug-likeness (QED) is 0.768. The summed E-state index contributed by atoms with van der Waals surface area (Å²) in [5.74, 6) is 2.13. The van der Waals surface area contributed by atoms with E-state index in [0.29, 0.717) is 6.04 Å². The van der Waals surface area contributed by atoms with Crippen LogP contribution < -0.4 is 5.32 Å². The van der Waals surface area contributed by atoms with Crippen molar-refractivity contribution in [2.45, 2.75) is 64.7 Å². The number of rotatable bonds is 6. The molecule has 2 rings (SSSR count). The molecule has 1 nitrogen and oxygen atoms in total. The molecule has 118 valence electrons. The molecule has 0 aromatic heterocycles. The second-order valence-electron chi connectivity index (χ2n) is 6.70. The normalized spacial score (nSPS) is 24.0. The molecule has 2 heteroatoms. The molecule has 1 saturated carbocycles. The molecule has 1 aromatic rings. The van der Waals surface area contributed by atoms with Crippen LogP contribution in [0.1, 0.15) is 62.3 Å². The maximum Gasteiger partial charge on any atom is 0.0414 e. The van der Waals surface area contributed by atoms with E-state index in [1.807, 2.05) is 0 Å². The van der Waals surface area contributed by atoms with Gasteiger partial charge in [-0.2, -0.15) is 11.8 Å². The number of hydrogen-bond donors (Lipinski definition) is 1. The first-order valence-electron chi connectivity index (χ1n) is 8.52. The fourth-order valence-corrected chi connectivity index (χ4v) is 5.04. The summed E-state index contributed by atoms with van der Waals surface area (Å²) in [6, 6.07) is 7.38. The van der Waals surface area contributed by atoms with Crippen LogP contribution in [0, 0.1) is 19.8 Å². The molecule has 1 aliphatic rings. The van der Waals surface area contributed by atoms with Crippen LogP contribution in [0.3, 0.4) is 0 Å². The molecule has 1 N–H and O–H groups in total. The standard InChI is InChI=1S/C19H31NS/c1-5-20-19(18-10-9-15(3)11-16(18)4)13-21-17-8-6-7-14(2)12-17/h9-11,14,17,19-20H,5-8,12-13H2,1-4H3. The first-order chi connectivity index (χ1) is 10.1. The molecular weight excluding hydrogens is 274 g/mol. The van der Waals surface area contributed by atoms with Gasteiger partial charge in [-0.1, -0.05) is 50.5 Å². The van der Waals surface area contributed by atoms with Gasteiger partial charge in [0.1, 0.15) is 0 Å². The van der Waals surface area contributed by atoms with Crippen LogP contribution in [0.2, 0.25) is 0 Å². The Morgan fingerprint density at radius 3 is 2.76 bits per heavy atom. The number of benzene rings is 1. The van der Waals surface area contributed by atoms with E-state index in [4.69, 9.17) is 0 Å². The molecule has 1 fully saturated rings. The molecular formula is C19H31NS. The third-order valence-electron chi connectivity index (χ3n) is 4.64. The fraction of sp³-hybridized carbons (Fsp3) is 0.684. The molecule has 21 heavy (non-hydrogen) atoms. The molecule has 0 bridgehead atoms. The Hall–Kier alpha value is -0.470. The smallest absolute Gasteiger partial charge is 0.0414 e. The summed E-state index contributed by atoms with van der Waals surface area (Å²) in [6.45, 7) is 10.1. The van der Waals surface area contributed by atoms with Gasteiger partial charge in [-0.3, -0.25) is 0 Å². The molecule has 3 atom stereocenters. The Kier molecular flexibility index (Phi) is 6.63. The van der Waals surface area contributed by atoms with Crippen molar-refractivity contribution in [1.29, 1.82) is 0 Å². The fourth-order valence-electron chi connectivity index (χ4n) is 3.48. The van der Waals surface area contributed by atoms with Crippen molar-refractivity contribution in [1.82, 2.24) is 5.32 Å². The van der Waals surface area contributed by atoms with Crippen molar-refractivity contribution in [2.75, 3.05) is 12.3 Å². The van der Waals surface area contributed by atoms with Crippen LogP contribution in [0.25, 0.3) is 0 Å². The highest BCUT2D eigenvalue weighted by atomic mass is 32.2. The van der Waals surface area contributed by atoms with E-state index in [9.17, 15) is 0 Å². The third kappa shape index (κ3) is 5.03. The zero-order valence-electron chi connectivity index (χ0n) is 14.1. The molecule has 1 aliphatic carbocycles. The minimum Gasteiger partial charge on any atom is -0.310 e. The summed E-state index contributed by atoms with van der Waals surface area (Å²) < 4.78 is 0. The Morgan fingerprint density at radius 1 is 1.29 bits per heavy atom. The number of thioether (sulfide) groups is 1. The number of hydrogen-bond acceptors (Lipinski definition) is 2. The Labute approximate surface area is 135 Å². The number of nitrogens with one attached hydrogen (secondary N) is 1. The van der Waals surface area contributed by atoms with Gasteiger partial charge in [-0.25, -0.2) is 0 Å². The monoisotopic (exact) mass is 305 g/mol. The summed E-state index contributed by atoms with van der Waals surface area (Å²) in [7, 11) is 0. The van der Waals surface area contributed by atoms with E-state index >= 15 is 0 Å². The van der Waals surface area contributed by atoms with Gasteiger partial charge in [0.2, 0.25) is 0 Å². The van der Waals surface area contributed by atoms with Crippen molar-refractivity contribution in [3.63, 3.8) is 0 Å². The van der Waals surface area contributed by atoms with E-state index in [1.54, 1.807) is 0 Å². The van der Waals surface area contributed by atoms with E-state index in [0.717, 1.165) is 17.7 Å². The highest BCUT2D eigenvalue weighted by Crippen LogP contribution is 2.34. The molecule has 1 aromatic carbocycles. The lowest BCUT2D eigenvalue weighted by molar-refractivity contribution is 0.394. The van der Waals surface area contributed by atoms with Crippen LogP contribution in [0.4, 0.5) is 0 Å². The molecule has 0 spiro atoms. The SMILES string of the molecule is CCNC(CSC1CCCC(C)C1)c1ccc(C)cc1C. The molecule has 0 saturated heterocycles. The maximum absolute atomic E-state index is 3.69. The zero-order valence-corrected chi connectivity index (χ0v) is 14.9. The van der Waals surface area contributed by atoms with Gasteiger partial charge in [-0.15, -0.1) is 0 Å². The van der Waals surface area contributed by atoms with Gasteiger partial charge in [0, 0.05) is 17.0 Å². The first kappa shape index (κ1) is 16.9. The molecule has 0 aliphatic heterocycles. The maximum atomic E-state index is 3.69. The molecule has 0 heterocycles. The lowest BCUT2D eigenvalue weighted by Crippen LogP contribution is -2.25. The van der Waals surface area contributed by atoms with Gasteiger partial charge < -0.3 is 5.32 Å². The van der Waals surface area contributed by atoms with Crippen LogP contribution in [0.5, 0.6) is 0 Å². The highest BCUT2D eigenvalue weighted by Gasteiger charge is 2.21. The van der Waals surface area contributed by atoms with Gasteiger partial charge in [0.25, 0.3) is 0 Å². The molecule has 0 amide bonds. The van der Waals surface area contributed by atoms with Crippen molar-refractivity contribution in [3.8, 4) is 0 Å². The average molecular weight is 306 g/mol. The van der Waals surface area contributed by atoms with Crippen molar-refractivity contribution in [3.05, 3.63) is 34.9 Å². The Morgan fingerprint density at radius 2 is 2.10 bits per heavy atom. The Bertz CT molecular complexity index is 443. The number of aryl methyl sites for hydroxylation is 2. The summed E-state index contributed by atoms with van der Waals surface area (Å²) in [5.41, 5.74) is 4.28. The molecule has 3 unspecified atom stereocenters. The summed E-state index contributed by atoms with van der Waals surface area (Å²) >= 11 is 2.19. The van der Waals surface area contributed by atoms with Gasteiger partial charge in [0.05, 0.1) is 0 Å². The van der Waals surface area contributed by atoms with E-state index in [2.05, 4.69) is 63.0 Å². The van der Waals surface area contributed by atoms with E-state index in [-0.39, 0.29) is 0 Å². The van der Waals surface area contributed by atoms with Crippen LogP contribution in [0.15, 0.2) is 18.2 Å². The van der Waals surface area contributed by atoms with Gasteiger partial charge in [-0.05, 0) is 50.3 Å². The van der Waals surface area contributed by atoms with Crippen LogP contribution in [-0.4, -0.2) is 17.5 Å². The summed E-state index contributed by atoms with van der Waals surface area (Å²) in [4.78, 5) is 0. The van der Waals surface area contributed by atoms with E-state index in [1.165, 1.54) is 48.1 Å². The van der Waals surface area contributed by atoms with Crippen molar-refractivity contribution in [2.24, 2.45) is 5.92 Å². The third-order valence-corrected chi connectivity index (χ3v) is 6.06. The van der Waals surface area contributed by atoms with Crippen molar-refractivity contribution >= 4 is 11.8 Å². The topological polar surface area (TPSA) is 12.0 Å². The first-order valence-corrected chi connectivity index (χ1v) is 9.57. The van der Waals surface area contributed by atoms with Crippen molar-refractivity contribution < 1.29 is 0 Å². The van der Waals surface area contributed by atoms with E-state index < -0.39 is 0 Å². The summed E-state index contributed by atoms with van der Waals surface area (Å²) in [6.07, 6.45) is 5.69. The minimum absolute atomic E-state index is 0.498. The lowest BCUT2D eigenvalue weighted by atomic mass is 9.91. The second kappa shape index (κ2) is 8.24. The highest BCUT2D eigenvalue weighted by molar-refractivity contribution is 7.99. The summed E-state index contributed by atoms with van der Waals surface area (Å²) in [5, 5.41) is 4.56.